The van der Waals surface area contributed by atoms with Gasteiger partial charge < -0.3 is 10.1 Å². The molecule has 4 rings (SSSR count). The molecular formula is C24H27N3O2. The van der Waals surface area contributed by atoms with Crippen molar-refractivity contribution in [2.75, 3.05) is 39.4 Å². The van der Waals surface area contributed by atoms with E-state index in [1.165, 1.54) is 5.56 Å². The van der Waals surface area contributed by atoms with Crippen molar-refractivity contribution in [2.45, 2.75) is 13.8 Å². The molecule has 0 aliphatic carbocycles. The summed E-state index contributed by atoms with van der Waals surface area (Å²) in [5, 5.41) is 3.99. The molecule has 1 aromatic heterocycles. The van der Waals surface area contributed by atoms with Gasteiger partial charge in [-0.2, -0.15) is 0 Å². The fourth-order valence-corrected chi connectivity index (χ4v) is 3.70. The SMILES string of the molecule is Cc1ccc(-c2cc(C(=O)NCCN3CCOCC3)c3cccc(C)c3n2)cc1. The van der Waals surface area contributed by atoms with Crippen molar-refractivity contribution in [2.24, 2.45) is 0 Å². The number of hydrogen-bond acceptors (Lipinski definition) is 4. The van der Waals surface area contributed by atoms with Gasteiger partial charge in [-0.15, -0.1) is 0 Å². The third kappa shape index (κ3) is 4.47. The number of fused-ring (bicyclic) bond motifs is 1. The first-order valence-electron chi connectivity index (χ1n) is 10.2. The van der Waals surface area contributed by atoms with Crippen LogP contribution in [-0.2, 0) is 4.74 Å². The summed E-state index contributed by atoms with van der Waals surface area (Å²) in [6.07, 6.45) is 0. The first-order valence-corrected chi connectivity index (χ1v) is 10.2. The van der Waals surface area contributed by atoms with E-state index < -0.39 is 0 Å². The second-order valence-corrected chi connectivity index (χ2v) is 7.60. The first kappa shape index (κ1) is 19.6. The minimum Gasteiger partial charge on any atom is -0.379 e. The fourth-order valence-electron chi connectivity index (χ4n) is 3.70. The number of hydrogen-bond donors (Lipinski definition) is 1. The van der Waals surface area contributed by atoms with Gasteiger partial charge in [0.2, 0.25) is 0 Å². The van der Waals surface area contributed by atoms with Crippen LogP contribution in [-0.4, -0.2) is 55.2 Å². The van der Waals surface area contributed by atoms with Gasteiger partial charge in [-0.3, -0.25) is 9.69 Å². The van der Waals surface area contributed by atoms with Crippen molar-refractivity contribution < 1.29 is 9.53 Å². The van der Waals surface area contributed by atoms with Crippen molar-refractivity contribution in [1.29, 1.82) is 0 Å². The number of carbonyl (C=O) groups excluding carboxylic acids is 1. The Hall–Kier alpha value is -2.76. The molecule has 0 radical (unpaired) electrons. The molecule has 5 nitrogen and oxygen atoms in total. The maximum atomic E-state index is 13.1. The van der Waals surface area contributed by atoms with Gasteiger partial charge in [-0.1, -0.05) is 48.0 Å². The second-order valence-electron chi connectivity index (χ2n) is 7.60. The van der Waals surface area contributed by atoms with E-state index in [4.69, 9.17) is 9.72 Å². The summed E-state index contributed by atoms with van der Waals surface area (Å²) in [4.78, 5) is 20.3. The summed E-state index contributed by atoms with van der Waals surface area (Å²) >= 11 is 0. The topological polar surface area (TPSA) is 54.5 Å². The van der Waals surface area contributed by atoms with Crippen LogP contribution < -0.4 is 5.32 Å². The molecule has 0 unspecified atom stereocenters. The number of para-hydroxylation sites is 1. The molecule has 29 heavy (non-hydrogen) atoms. The fraction of sp³-hybridized carbons (Fsp3) is 0.333. The molecule has 0 saturated carbocycles. The van der Waals surface area contributed by atoms with Crippen molar-refractivity contribution in [3.8, 4) is 11.3 Å². The van der Waals surface area contributed by atoms with E-state index in [-0.39, 0.29) is 5.91 Å². The Kier molecular flexibility index (Phi) is 5.88. The van der Waals surface area contributed by atoms with E-state index in [1.54, 1.807) is 0 Å². The Labute approximate surface area is 171 Å². The molecule has 1 aliphatic heterocycles. The summed E-state index contributed by atoms with van der Waals surface area (Å²) in [6, 6.07) is 16.2. The number of rotatable bonds is 5. The van der Waals surface area contributed by atoms with Crippen LogP contribution in [0.3, 0.4) is 0 Å². The van der Waals surface area contributed by atoms with Gasteiger partial charge in [0.15, 0.2) is 0 Å². The lowest BCUT2D eigenvalue weighted by molar-refractivity contribution is 0.0383. The standard InChI is InChI=1S/C24H27N3O2/c1-17-6-8-19(9-7-17)22-16-21(20-5-3-4-18(2)23(20)26-22)24(28)25-10-11-27-12-14-29-15-13-27/h3-9,16H,10-15H2,1-2H3,(H,25,28). The molecule has 1 saturated heterocycles. The number of pyridine rings is 1. The minimum absolute atomic E-state index is 0.0513. The van der Waals surface area contributed by atoms with E-state index >= 15 is 0 Å². The van der Waals surface area contributed by atoms with Crippen molar-refractivity contribution in [3.63, 3.8) is 0 Å². The van der Waals surface area contributed by atoms with E-state index in [9.17, 15) is 4.79 Å². The average molecular weight is 389 g/mol. The van der Waals surface area contributed by atoms with Crippen LogP contribution in [0.5, 0.6) is 0 Å². The van der Waals surface area contributed by atoms with E-state index in [2.05, 4.69) is 41.4 Å². The zero-order valence-corrected chi connectivity index (χ0v) is 17.1. The van der Waals surface area contributed by atoms with Crippen LogP contribution in [0.2, 0.25) is 0 Å². The van der Waals surface area contributed by atoms with Gasteiger partial charge in [0.1, 0.15) is 0 Å². The van der Waals surface area contributed by atoms with Gasteiger partial charge in [0, 0.05) is 37.1 Å². The van der Waals surface area contributed by atoms with Crippen LogP contribution >= 0.6 is 0 Å². The highest BCUT2D eigenvalue weighted by Gasteiger charge is 2.16. The molecule has 2 heterocycles. The highest BCUT2D eigenvalue weighted by molar-refractivity contribution is 6.07. The van der Waals surface area contributed by atoms with Gasteiger partial charge in [-0.05, 0) is 25.5 Å². The lowest BCUT2D eigenvalue weighted by Crippen LogP contribution is -2.41. The number of ether oxygens (including phenoxy) is 1. The average Bonchev–Trinajstić information content (AvgIpc) is 2.75. The lowest BCUT2D eigenvalue weighted by atomic mass is 10.0. The summed E-state index contributed by atoms with van der Waals surface area (Å²) in [6.45, 7) is 8.93. The quantitative estimate of drug-likeness (QED) is 0.725. The molecular weight excluding hydrogens is 362 g/mol. The van der Waals surface area contributed by atoms with Crippen LogP contribution in [0, 0.1) is 13.8 Å². The van der Waals surface area contributed by atoms with Gasteiger partial charge in [0.05, 0.1) is 30.0 Å². The summed E-state index contributed by atoms with van der Waals surface area (Å²) in [5.74, 6) is -0.0513. The molecule has 2 aromatic carbocycles. The van der Waals surface area contributed by atoms with E-state index in [1.807, 2.05) is 31.2 Å². The Morgan fingerprint density at radius 3 is 2.62 bits per heavy atom. The number of nitrogens with zero attached hydrogens (tertiary/aromatic N) is 2. The summed E-state index contributed by atoms with van der Waals surface area (Å²) in [7, 11) is 0. The smallest absolute Gasteiger partial charge is 0.252 e. The number of nitrogens with one attached hydrogen (secondary N) is 1. The molecule has 150 valence electrons. The molecule has 1 N–H and O–H groups in total. The number of carbonyl (C=O) groups is 1. The van der Waals surface area contributed by atoms with E-state index in [0.717, 1.165) is 60.6 Å². The number of benzene rings is 2. The molecule has 0 atom stereocenters. The molecule has 1 fully saturated rings. The Morgan fingerprint density at radius 2 is 1.86 bits per heavy atom. The number of aromatic nitrogens is 1. The lowest BCUT2D eigenvalue weighted by Gasteiger charge is -2.26. The number of aryl methyl sites for hydroxylation is 2. The van der Waals surface area contributed by atoms with Crippen LogP contribution in [0.4, 0.5) is 0 Å². The predicted molar refractivity (Wildman–Crippen MR) is 116 cm³/mol. The van der Waals surface area contributed by atoms with Gasteiger partial charge in [0.25, 0.3) is 5.91 Å². The first-order chi connectivity index (χ1) is 14.1. The summed E-state index contributed by atoms with van der Waals surface area (Å²) < 4.78 is 5.38. The summed E-state index contributed by atoms with van der Waals surface area (Å²) in [5.41, 5.74) is 5.67. The molecule has 0 bridgehead atoms. The zero-order valence-electron chi connectivity index (χ0n) is 17.1. The molecule has 3 aromatic rings. The highest BCUT2D eigenvalue weighted by atomic mass is 16.5. The maximum absolute atomic E-state index is 13.1. The van der Waals surface area contributed by atoms with Crippen molar-refractivity contribution in [1.82, 2.24) is 15.2 Å². The third-order valence-corrected chi connectivity index (χ3v) is 5.45. The molecule has 1 aliphatic rings. The monoisotopic (exact) mass is 389 g/mol. The molecule has 0 spiro atoms. The highest BCUT2D eigenvalue weighted by Crippen LogP contribution is 2.27. The largest absolute Gasteiger partial charge is 0.379 e. The Morgan fingerprint density at radius 1 is 1.10 bits per heavy atom. The Balaban J connectivity index is 1.62. The van der Waals surface area contributed by atoms with Crippen LogP contribution in [0.15, 0.2) is 48.5 Å². The van der Waals surface area contributed by atoms with Crippen molar-refractivity contribution in [3.05, 3.63) is 65.2 Å². The zero-order chi connectivity index (χ0) is 20.2. The van der Waals surface area contributed by atoms with Crippen LogP contribution in [0.25, 0.3) is 22.2 Å². The normalized spacial score (nSPS) is 14.8. The third-order valence-electron chi connectivity index (χ3n) is 5.45. The maximum Gasteiger partial charge on any atom is 0.252 e. The van der Waals surface area contributed by atoms with Gasteiger partial charge in [-0.25, -0.2) is 4.98 Å². The molecule has 1 amide bonds. The Bertz CT molecular complexity index is 1010. The van der Waals surface area contributed by atoms with Crippen LogP contribution in [0.1, 0.15) is 21.5 Å². The second kappa shape index (κ2) is 8.72. The van der Waals surface area contributed by atoms with Gasteiger partial charge >= 0.3 is 0 Å². The van der Waals surface area contributed by atoms with Crippen molar-refractivity contribution >= 4 is 16.8 Å². The number of amides is 1. The predicted octanol–water partition coefficient (Wildman–Crippen LogP) is 3.58. The minimum atomic E-state index is -0.0513. The van der Waals surface area contributed by atoms with E-state index in [0.29, 0.717) is 12.1 Å². The molecule has 5 heteroatoms. The number of morpholine rings is 1.